The molecule has 2 fully saturated rings. The van der Waals surface area contributed by atoms with Crippen molar-refractivity contribution in [1.29, 1.82) is 0 Å². The fraction of sp³-hybridized carbons (Fsp3) is 0.553. The van der Waals surface area contributed by atoms with E-state index in [0.29, 0.717) is 81.8 Å². The SMILES string of the molecule is CCCCOc1nc(N)c2[nH]c(=O)n(Cc3cn(CCOCCOCCOCCNC(=S)N[C@@H](C(=O)N[C@@H]4C(=O)C5[C@@H](C(=O)O)C(C)(C)S[C@@H]54)c4ccccc4)nn3)c2n1. The summed E-state index contributed by atoms with van der Waals surface area (Å²) in [6.07, 6.45) is 3.52. The Morgan fingerprint density at radius 2 is 1.77 bits per heavy atom. The number of ether oxygens (including phenoxy) is 4. The van der Waals surface area contributed by atoms with Crippen LogP contribution in [-0.2, 0) is 41.7 Å². The zero-order chi connectivity index (χ0) is 42.8. The van der Waals surface area contributed by atoms with Crippen LogP contribution >= 0.6 is 24.0 Å². The van der Waals surface area contributed by atoms with E-state index in [0.717, 1.165) is 12.8 Å². The number of aromatic nitrogens is 7. The van der Waals surface area contributed by atoms with E-state index in [1.165, 1.54) is 16.3 Å². The molecule has 3 aromatic heterocycles. The molecule has 4 heterocycles. The Hall–Kier alpha value is -5.16. The largest absolute Gasteiger partial charge is 0.481 e. The first kappa shape index (κ1) is 44.4. The maximum Gasteiger partial charge on any atom is 0.328 e. The standard InChI is InChI=1S/C38H51N11O9S2/c1-4-5-13-58-35-44-31(39)28-32(45-35)49(37(54)43-28)21-23-20-48(47-46-23)12-15-56-17-19-57-18-16-55-14-11-40-36(59)42-26(22-9-7-6-8-10-22)33(51)41-27-29(50)24-25(34(52)53)38(2,3)60-30(24)27/h6-10,20,24-27,30H,4-5,11-19,21H2,1-3H3,(H,41,51)(H,43,54)(H,52,53)(H2,39,44,45)(H2,40,42,59)/t24?,25-,26+,27+,30-/m0/s1. The molecular weight excluding hydrogens is 819 g/mol. The fourth-order valence-electron chi connectivity index (χ4n) is 7.11. The molecule has 6 rings (SSSR count). The molecular formula is C38H51N11O9S2. The van der Waals surface area contributed by atoms with Crippen molar-refractivity contribution in [1.82, 2.24) is 50.5 Å². The summed E-state index contributed by atoms with van der Waals surface area (Å²) in [5.41, 5.74) is 7.49. The van der Waals surface area contributed by atoms with Crippen LogP contribution in [0.25, 0.3) is 11.2 Å². The number of thiocarbonyl (C=S) groups is 1. The van der Waals surface area contributed by atoms with Gasteiger partial charge in [0.05, 0.1) is 71.5 Å². The first-order valence-electron chi connectivity index (χ1n) is 19.7. The monoisotopic (exact) mass is 869 g/mol. The molecule has 0 spiro atoms. The number of nitrogen functional groups attached to an aromatic ring is 1. The number of carbonyl (C=O) groups excluding carboxylic acids is 2. The van der Waals surface area contributed by atoms with Gasteiger partial charge in [0.2, 0.25) is 5.91 Å². The van der Waals surface area contributed by atoms with Crippen molar-refractivity contribution in [3.63, 3.8) is 0 Å². The number of nitrogens with two attached hydrogens (primary N) is 1. The maximum atomic E-state index is 13.5. The summed E-state index contributed by atoms with van der Waals surface area (Å²) in [6, 6.07) is 7.45. The number of H-pyrrole nitrogens is 1. The van der Waals surface area contributed by atoms with Crippen molar-refractivity contribution in [2.45, 2.75) is 68.8 Å². The number of carboxylic acids is 1. The van der Waals surface area contributed by atoms with Crippen LogP contribution in [0.5, 0.6) is 6.01 Å². The van der Waals surface area contributed by atoms with Crippen molar-refractivity contribution in [2.24, 2.45) is 11.8 Å². The predicted molar refractivity (Wildman–Crippen MR) is 224 cm³/mol. The zero-order valence-corrected chi connectivity index (χ0v) is 35.3. The molecule has 5 atom stereocenters. The number of unbranched alkanes of at least 4 members (excludes halogenated alkanes) is 1. The van der Waals surface area contributed by atoms with Gasteiger partial charge in [-0.1, -0.05) is 48.9 Å². The van der Waals surface area contributed by atoms with Crippen molar-refractivity contribution in [3.8, 4) is 6.01 Å². The van der Waals surface area contributed by atoms with Crippen molar-refractivity contribution < 1.29 is 38.4 Å². The third-order valence-corrected chi connectivity index (χ3v) is 12.1. The Balaban J connectivity index is 0.834. The number of hydrogen-bond acceptors (Lipinski definition) is 15. The number of carboxylic acid groups (broad SMARTS) is 1. The average molecular weight is 870 g/mol. The number of imidazole rings is 1. The van der Waals surface area contributed by atoms with Gasteiger partial charge in [-0.15, -0.1) is 16.9 Å². The average Bonchev–Trinajstić information content (AvgIpc) is 3.88. The number of nitrogens with zero attached hydrogens (tertiary/aromatic N) is 6. The summed E-state index contributed by atoms with van der Waals surface area (Å²) in [7, 11) is 0. The number of rotatable bonds is 23. The topological polar surface area (TPSA) is 265 Å². The molecule has 1 unspecified atom stereocenters. The molecule has 1 aliphatic heterocycles. The molecule has 22 heteroatoms. The molecule has 1 saturated carbocycles. The number of benzene rings is 1. The summed E-state index contributed by atoms with van der Waals surface area (Å²) in [5.74, 6) is -3.01. The molecule has 0 radical (unpaired) electrons. The number of carbonyl (C=O) groups is 3. The summed E-state index contributed by atoms with van der Waals surface area (Å²) in [6.45, 7) is 9.19. The fourth-order valence-corrected chi connectivity index (χ4v) is 9.20. The van der Waals surface area contributed by atoms with Crippen LogP contribution in [0.2, 0.25) is 0 Å². The van der Waals surface area contributed by atoms with Gasteiger partial charge in [0.15, 0.2) is 22.4 Å². The molecule has 1 saturated heterocycles. The number of thioether (sulfide) groups is 1. The van der Waals surface area contributed by atoms with E-state index < -0.39 is 46.2 Å². The maximum absolute atomic E-state index is 13.5. The van der Waals surface area contributed by atoms with Crippen molar-refractivity contribution in [2.75, 3.05) is 58.5 Å². The molecule has 324 valence electrons. The van der Waals surface area contributed by atoms with Crippen molar-refractivity contribution in [3.05, 3.63) is 58.3 Å². The van der Waals surface area contributed by atoms with Gasteiger partial charge in [-0.05, 0) is 38.0 Å². The number of Topliss-reactive ketones (excluding diaryl/α,β-unsaturated/α-hetero) is 1. The van der Waals surface area contributed by atoms with E-state index in [1.807, 2.05) is 26.8 Å². The van der Waals surface area contributed by atoms with E-state index in [-0.39, 0.29) is 34.5 Å². The number of aliphatic carboxylic acids is 1. The van der Waals surface area contributed by atoms with Gasteiger partial charge >= 0.3 is 17.7 Å². The lowest BCUT2D eigenvalue weighted by atomic mass is 9.67. The van der Waals surface area contributed by atoms with Gasteiger partial charge in [-0.3, -0.25) is 19.0 Å². The Kier molecular flexibility index (Phi) is 15.1. The summed E-state index contributed by atoms with van der Waals surface area (Å²) in [4.78, 5) is 62.4. The molecule has 7 N–H and O–H groups in total. The van der Waals surface area contributed by atoms with Crippen LogP contribution in [0.4, 0.5) is 5.82 Å². The Morgan fingerprint density at radius 1 is 1.05 bits per heavy atom. The van der Waals surface area contributed by atoms with Crippen LogP contribution in [0.1, 0.15) is 50.9 Å². The summed E-state index contributed by atoms with van der Waals surface area (Å²) < 4.78 is 24.9. The minimum atomic E-state index is -0.999. The quantitative estimate of drug-likeness (QED) is 0.0450. The molecule has 4 aromatic rings. The molecule has 1 aliphatic carbocycles. The lowest BCUT2D eigenvalue weighted by Crippen LogP contribution is -2.64. The van der Waals surface area contributed by atoms with E-state index in [4.69, 9.17) is 36.9 Å². The summed E-state index contributed by atoms with van der Waals surface area (Å²) >= 11 is 6.91. The zero-order valence-electron chi connectivity index (χ0n) is 33.6. The third-order valence-electron chi connectivity index (χ3n) is 10.1. The molecule has 1 aromatic carbocycles. The molecule has 20 nitrogen and oxygen atoms in total. The highest BCUT2D eigenvalue weighted by molar-refractivity contribution is 8.01. The number of anilines is 1. The second-order valence-corrected chi connectivity index (χ2v) is 17.0. The van der Waals surface area contributed by atoms with E-state index in [2.05, 4.69) is 41.2 Å². The first-order chi connectivity index (χ1) is 28.9. The second kappa shape index (κ2) is 20.4. The number of fused-ring (bicyclic) bond motifs is 2. The number of nitrogens with one attached hydrogen (secondary N) is 4. The van der Waals surface area contributed by atoms with Gasteiger partial charge in [-0.2, -0.15) is 9.97 Å². The van der Waals surface area contributed by atoms with E-state index in [1.54, 1.807) is 35.1 Å². The van der Waals surface area contributed by atoms with Gasteiger partial charge < -0.3 is 50.7 Å². The van der Waals surface area contributed by atoms with Crippen LogP contribution < -0.4 is 32.1 Å². The number of amides is 1. The van der Waals surface area contributed by atoms with Crippen LogP contribution in [0, 0.1) is 11.8 Å². The van der Waals surface area contributed by atoms with Crippen LogP contribution in [0.3, 0.4) is 0 Å². The van der Waals surface area contributed by atoms with Gasteiger partial charge in [-0.25, -0.2) is 9.48 Å². The minimum absolute atomic E-state index is 0.109. The lowest BCUT2D eigenvalue weighted by Gasteiger charge is -2.40. The third kappa shape index (κ3) is 10.8. The molecule has 0 bridgehead atoms. The van der Waals surface area contributed by atoms with Gasteiger partial charge in [0.1, 0.15) is 23.3 Å². The highest BCUT2D eigenvalue weighted by Crippen LogP contribution is 2.57. The minimum Gasteiger partial charge on any atom is -0.481 e. The lowest BCUT2D eigenvalue weighted by molar-refractivity contribution is -0.151. The smallest absolute Gasteiger partial charge is 0.328 e. The van der Waals surface area contributed by atoms with Gasteiger partial charge in [0, 0.05) is 22.5 Å². The number of aromatic amines is 1. The number of ketones is 1. The van der Waals surface area contributed by atoms with E-state index in [9.17, 15) is 24.3 Å². The highest BCUT2D eigenvalue weighted by atomic mass is 32.2. The highest BCUT2D eigenvalue weighted by Gasteiger charge is 2.66. The Labute approximate surface area is 355 Å². The molecule has 60 heavy (non-hydrogen) atoms. The van der Waals surface area contributed by atoms with Crippen LogP contribution in [-0.4, -0.2) is 131 Å². The predicted octanol–water partition coefficient (Wildman–Crippen LogP) is 1.05. The molecule has 2 aliphatic rings. The Morgan fingerprint density at radius 3 is 2.48 bits per heavy atom. The van der Waals surface area contributed by atoms with Gasteiger partial charge in [0.25, 0.3) is 0 Å². The number of hydrogen-bond donors (Lipinski definition) is 6. The first-order valence-corrected chi connectivity index (χ1v) is 21.0. The summed E-state index contributed by atoms with van der Waals surface area (Å²) in [5, 5.41) is 26.9. The van der Waals surface area contributed by atoms with Crippen molar-refractivity contribution >= 4 is 63.7 Å². The van der Waals surface area contributed by atoms with Crippen LogP contribution in [0.15, 0.2) is 41.3 Å². The second-order valence-electron chi connectivity index (χ2n) is 14.8. The Bertz CT molecular complexity index is 2180. The molecule has 1 amide bonds. The normalized spacial score (nSPS) is 19.7. The van der Waals surface area contributed by atoms with E-state index >= 15 is 0 Å².